The zero-order valence-electron chi connectivity index (χ0n) is 10.4. The van der Waals surface area contributed by atoms with Crippen molar-refractivity contribution in [1.29, 1.82) is 0 Å². The molecule has 6 nitrogen and oxygen atoms in total. The Morgan fingerprint density at radius 2 is 2.29 bits per heavy atom. The van der Waals surface area contributed by atoms with Crippen molar-refractivity contribution in [3.63, 3.8) is 0 Å². The van der Waals surface area contributed by atoms with Gasteiger partial charge in [0.1, 0.15) is 5.82 Å². The first-order valence-electron chi connectivity index (χ1n) is 5.82. The lowest BCUT2D eigenvalue weighted by Gasteiger charge is -2.11. The molecular formula is C11H21N5O. The molecule has 0 aliphatic heterocycles. The van der Waals surface area contributed by atoms with Crippen LogP contribution in [0.2, 0.25) is 0 Å². The highest BCUT2D eigenvalue weighted by atomic mass is 16.3. The lowest BCUT2D eigenvalue weighted by Crippen LogP contribution is -2.13. The zero-order chi connectivity index (χ0) is 12.7. The Kier molecular flexibility index (Phi) is 5.65. The number of hydrogen-bond donors (Lipinski definition) is 4. The molecule has 0 fully saturated rings. The number of nitrogens with one attached hydrogen (secondary N) is 2. The number of nitrogens with zero attached hydrogens (tertiary/aromatic N) is 2. The van der Waals surface area contributed by atoms with Crippen molar-refractivity contribution < 1.29 is 5.11 Å². The fraction of sp³-hybridized carbons (Fsp3) is 0.636. The second-order valence-corrected chi connectivity index (χ2v) is 4.23. The third kappa shape index (κ3) is 4.54. The van der Waals surface area contributed by atoms with Gasteiger partial charge in [-0.1, -0.05) is 6.92 Å². The van der Waals surface area contributed by atoms with Crippen LogP contribution < -0.4 is 16.6 Å². The maximum atomic E-state index is 8.90. The molecule has 5 N–H and O–H groups in total. The lowest BCUT2D eigenvalue weighted by atomic mass is 10.1. The predicted molar refractivity (Wildman–Crippen MR) is 68.6 cm³/mol. The van der Waals surface area contributed by atoms with Crippen LogP contribution in [0.25, 0.3) is 0 Å². The van der Waals surface area contributed by atoms with E-state index >= 15 is 0 Å². The van der Waals surface area contributed by atoms with E-state index in [0.29, 0.717) is 11.9 Å². The molecule has 1 atom stereocenters. The number of hydrazine groups is 1. The molecule has 0 aliphatic carbocycles. The highest BCUT2D eigenvalue weighted by molar-refractivity contribution is 5.45. The van der Waals surface area contributed by atoms with Crippen molar-refractivity contribution >= 4 is 11.8 Å². The SMILES string of the molecule is Cc1cnc(NN)nc1NCCCC(C)CO. The Morgan fingerprint density at radius 3 is 2.94 bits per heavy atom. The topological polar surface area (TPSA) is 96.1 Å². The second kappa shape index (κ2) is 7.03. The number of rotatable bonds is 7. The third-order valence-corrected chi connectivity index (χ3v) is 2.58. The van der Waals surface area contributed by atoms with E-state index in [4.69, 9.17) is 10.9 Å². The number of hydrogen-bond acceptors (Lipinski definition) is 6. The van der Waals surface area contributed by atoms with E-state index in [0.717, 1.165) is 30.8 Å². The van der Waals surface area contributed by atoms with Gasteiger partial charge in [0.15, 0.2) is 0 Å². The van der Waals surface area contributed by atoms with E-state index in [1.807, 2.05) is 13.8 Å². The molecule has 0 aliphatic rings. The van der Waals surface area contributed by atoms with Crippen LogP contribution in [0.4, 0.5) is 11.8 Å². The Balaban J connectivity index is 2.40. The van der Waals surface area contributed by atoms with Gasteiger partial charge in [0, 0.05) is 24.9 Å². The van der Waals surface area contributed by atoms with E-state index in [-0.39, 0.29) is 6.61 Å². The van der Waals surface area contributed by atoms with Crippen LogP contribution in [-0.4, -0.2) is 28.2 Å². The van der Waals surface area contributed by atoms with Crippen LogP contribution in [-0.2, 0) is 0 Å². The van der Waals surface area contributed by atoms with Crippen LogP contribution in [0, 0.1) is 12.8 Å². The molecule has 0 bridgehead atoms. The second-order valence-electron chi connectivity index (χ2n) is 4.23. The van der Waals surface area contributed by atoms with Crippen molar-refractivity contribution in [1.82, 2.24) is 9.97 Å². The average molecular weight is 239 g/mol. The van der Waals surface area contributed by atoms with Crippen LogP contribution in [0.3, 0.4) is 0 Å². The number of aliphatic hydroxyl groups is 1. The van der Waals surface area contributed by atoms with Gasteiger partial charge < -0.3 is 10.4 Å². The van der Waals surface area contributed by atoms with Crippen molar-refractivity contribution in [2.24, 2.45) is 11.8 Å². The number of aliphatic hydroxyl groups excluding tert-OH is 1. The van der Waals surface area contributed by atoms with Gasteiger partial charge in [-0.3, -0.25) is 5.43 Å². The normalized spacial score (nSPS) is 12.2. The fourth-order valence-corrected chi connectivity index (χ4v) is 1.44. The Hall–Kier alpha value is -1.40. The lowest BCUT2D eigenvalue weighted by molar-refractivity contribution is 0.229. The van der Waals surface area contributed by atoms with E-state index in [1.54, 1.807) is 6.20 Å². The maximum absolute atomic E-state index is 8.90. The van der Waals surface area contributed by atoms with E-state index < -0.39 is 0 Å². The molecule has 0 spiro atoms. The molecule has 1 heterocycles. The quantitative estimate of drug-likeness (QED) is 0.320. The molecule has 17 heavy (non-hydrogen) atoms. The first-order chi connectivity index (χ1) is 8.17. The molecule has 0 saturated carbocycles. The summed E-state index contributed by atoms with van der Waals surface area (Å²) in [6, 6.07) is 0. The summed E-state index contributed by atoms with van der Waals surface area (Å²) < 4.78 is 0. The number of aryl methyl sites for hydroxylation is 1. The summed E-state index contributed by atoms with van der Waals surface area (Å²) in [5, 5.41) is 12.1. The van der Waals surface area contributed by atoms with Gasteiger partial charge in [0.25, 0.3) is 0 Å². The summed E-state index contributed by atoms with van der Waals surface area (Å²) in [5.41, 5.74) is 3.40. The van der Waals surface area contributed by atoms with Crippen molar-refractivity contribution in [3.8, 4) is 0 Å². The van der Waals surface area contributed by atoms with Crippen molar-refractivity contribution in [3.05, 3.63) is 11.8 Å². The zero-order valence-corrected chi connectivity index (χ0v) is 10.4. The van der Waals surface area contributed by atoms with Gasteiger partial charge >= 0.3 is 0 Å². The third-order valence-electron chi connectivity index (χ3n) is 2.58. The standard InChI is InChI=1S/C11H21N5O/c1-8(7-17)4-3-5-13-10-9(2)6-14-11(15-10)16-12/h6,8,17H,3-5,7,12H2,1-2H3,(H2,13,14,15,16). The minimum Gasteiger partial charge on any atom is -0.396 e. The monoisotopic (exact) mass is 239 g/mol. The number of nitrogen functional groups attached to an aromatic ring is 1. The molecule has 1 unspecified atom stereocenters. The Bertz CT molecular complexity index is 345. The fourth-order valence-electron chi connectivity index (χ4n) is 1.44. The molecule has 0 radical (unpaired) electrons. The summed E-state index contributed by atoms with van der Waals surface area (Å²) in [6.07, 6.45) is 3.72. The van der Waals surface area contributed by atoms with Gasteiger partial charge in [-0.2, -0.15) is 4.98 Å². The Morgan fingerprint density at radius 1 is 1.53 bits per heavy atom. The Labute approximate surface area is 102 Å². The summed E-state index contributed by atoms with van der Waals surface area (Å²) >= 11 is 0. The van der Waals surface area contributed by atoms with Gasteiger partial charge in [-0.05, 0) is 25.7 Å². The number of aromatic nitrogens is 2. The summed E-state index contributed by atoms with van der Waals surface area (Å²) in [4.78, 5) is 8.23. The van der Waals surface area contributed by atoms with Crippen LogP contribution in [0.15, 0.2) is 6.20 Å². The smallest absolute Gasteiger partial charge is 0.239 e. The molecule has 1 aromatic rings. The van der Waals surface area contributed by atoms with Crippen molar-refractivity contribution in [2.45, 2.75) is 26.7 Å². The van der Waals surface area contributed by atoms with Gasteiger partial charge in [-0.25, -0.2) is 10.8 Å². The first-order valence-corrected chi connectivity index (χ1v) is 5.82. The predicted octanol–water partition coefficient (Wildman–Crippen LogP) is 0.891. The first kappa shape index (κ1) is 13.7. The molecule has 96 valence electrons. The molecule has 1 rings (SSSR count). The summed E-state index contributed by atoms with van der Waals surface area (Å²) in [7, 11) is 0. The minimum atomic E-state index is 0.244. The largest absolute Gasteiger partial charge is 0.396 e. The highest BCUT2D eigenvalue weighted by Crippen LogP contribution is 2.12. The van der Waals surface area contributed by atoms with Gasteiger partial charge in [0.05, 0.1) is 0 Å². The highest BCUT2D eigenvalue weighted by Gasteiger charge is 2.03. The molecule has 0 amide bonds. The van der Waals surface area contributed by atoms with E-state index in [2.05, 4.69) is 20.7 Å². The summed E-state index contributed by atoms with van der Waals surface area (Å²) in [6.45, 7) is 5.05. The van der Waals surface area contributed by atoms with Crippen LogP contribution >= 0.6 is 0 Å². The molecule has 1 aromatic heterocycles. The summed E-state index contributed by atoms with van der Waals surface area (Å²) in [5.74, 6) is 6.80. The molecular weight excluding hydrogens is 218 g/mol. The van der Waals surface area contributed by atoms with E-state index in [9.17, 15) is 0 Å². The van der Waals surface area contributed by atoms with Gasteiger partial charge in [-0.15, -0.1) is 0 Å². The minimum absolute atomic E-state index is 0.244. The molecule has 6 heteroatoms. The maximum Gasteiger partial charge on any atom is 0.239 e. The number of nitrogens with two attached hydrogens (primary N) is 1. The van der Waals surface area contributed by atoms with Crippen LogP contribution in [0.1, 0.15) is 25.3 Å². The van der Waals surface area contributed by atoms with Crippen molar-refractivity contribution in [2.75, 3.05) is 23.9 Å². The number of anilines is 2. The average Bonchev–Trinajstić information content (AvgIpc) is 2.36. The molecule has 0 aromatic carbocycles. The van der Waals surface area contributed by atoms with E-state index in [1.165, 1.54) is 0 Å². The van der Waals surface area contributed by atoms with Crippen LogP contribution in [0.5, 0.6) is 0 Å². The van der Waals surface area contributed by atoms with Gasteiger partial charge in [0.2, 0.25) is 5.95 Å². The molecule has 0 saturated heterocycles.